The van der Waals surface area contributed by atoms with Gasteiger partial charge in [0.05, 0.1) is 13.2 Å². The summed E-state index contributed by atoms with van der Waals surface area (Å²) >= 11 is 0. The molecule has 2 fully saturated rings. The fourth-order valence-electron chi connectivity index (χ4n) is 6.11. The van der Waals surface area contributed by atoms with Gasteiger partial charge in [-0.25, -0.2) is 0 Å². The molecule has 190 valence electrons. The fourth-order valence-corrected chi connectivity index (χ4v) is 6.11. The van der Waals surface area contributed by atoms with Crippen LogP contribution in [0.5, 0.6) is 0 Å². The molecule has 0 N–H and O–H groups in total. The number of halogens is 3. The highest BCUT2D eigenvalue weighted by molar-refractivity contribution is 5.47. The van der Waals surface area contributed by atoms with Crippen LogP contribution in [0.3, 0.4) is 0 Å². The molecule has 3 aromatic carbocycles. The molecule has 0 aliphatic carbocycles. The van der Waals surface area contributed by atoms with Gasteiger partial charge in [0.2, 0.25) is 0 Å². The van der Waals surface area contributed by atoms with Gasteiger partial charge in [-0.05, 0) is 48.9 Å². The highest BCUT2D eigenvalue weighted by Gasteiger charge is 2.51. The Morgan fingerprint density at radius 3 is 1.81 bits per heavy atom. The minimum absolute atomic E-state index is 0.0157. The summed E-state index contributed by atoms with van der Waals surface area (Å²) in [6.45, 7) is 0.252. The average Bonchev–Trinajstić information content (AvgIpc) is 3.46. The highest BCUT2D eigenvalue weighted by atomic mass is 19.4. The summed E-state index contributed by atoms with van der Waals surface area (Å²) in [4.78, 5) is 2.36. The molecule has 0 amide bonds. The van der Waals surface area contributed by atoms with Crippen LogP contribution in [-0.2, 0) is 15.1 Å². The lowest BCUT2D eigenvalue weighted by molar-refractivity contribution is -0.177. The van der Waals surface area contributed by atoms with Crippen molar-refractivity contribution in [3.05, 3.63) is 108 Å². The number of nitrogens with zero attached hydrogens (tertiary/aromatic N) is 1. The molecule has 0 spiro atoms. The quantitative estimate of drug-likeness (QED) is 0.314. The average molecular weight is 496 g/mol. The zero-order chi connectivity index (χ0) is 25.1. The first kappa shape index (κ1) is 25.0. The predicted octanol–water partition coefficient (Wildman–Crippen LogP) is 6.57. The van der Waals surface area contributed by atoms with E-state index in [9.17, 15) is 13.2 Å². The summed E-state index contributed by atoms with van der Waals surface area (Å²) in [5.41, 5.74) is 2.14. The van der Waals surface area contributed by atoms with Gasteiger partial charge in [-0.1, -0.05) is 91.0 Å². The normalized spacial score (nSPS) is 22.6. The molecule has 0 bridgehead atoms. The van der Waals surface area contributed by atoms with E-state index in [1.54, 1.807) is 0 Å². The van der Waals surface area contributed by atoms with Crippen LogP contribution in [0, 0.1) is 0 Å². The minimum atomic E-state index is -4.30. The number of alkyl halides is 3. The van der Waals surface area contributed by atoms with Crippen molar-refractivity contribution in [3.8, 4) is 0 Å². The standard InChI is InChI=1S/C30H32F3NO2/c31-29(32,33)23-35-21-27-17-19-28(18-10-20-34(27)28)22-36-30(24-11-4-1-5-12-24,25-13-6-2-7-14-25)26-15-8-3-9-16-26/h1-9,11-16,27H,10,17-23H2. The number of ether oxygens (including phenoxy) is 2. The van der Waals surface area contributed by atoms with Crippen molar-refractivity contribution in [2.75, 3.05) is 26.4 Å². The zero-order valence-corrected chi connectivity index (χ0v) is 20.3. The Morgan fingerprint density at radius 1 is 0.778 bits per heavy atom. The van der Waals surface area contributed by atoms with Gasteiger partial charge in [-0.3, -0.25) is 4.90 Å². The first-order chi connectivity index (χ1) is 17.4. The maximum Gasteiger partial charge on any atom is 0.411 e. The summed E-state index contributed by atoms with van der Waals surface area (Å²) < 4.78 is 50.2. The first-order valence-corrected chi connectivity index (χ1v) is 12.6. The number of benzene rings is 3. The second-order valence-corrected chi connectivity index (χ2v) is 9.91. The Hall–Kier alpha value is -2.67. The van der Waals surface area contributed by atoms with E-state index in [2.05, 4.69) is 41.3 Å². The molecule has 36 heavy (non-hydrogen) atoms. The number of fused-ring (bicyclic) bond motifs is 1. The maximum atomic E-state index is 12.7. The van der Waals surface area contributed by atoms with E-state index in [1.165, 1.54) is 0 Å². The predicted molar refractivity (Wildman–Crippen MR) is 134 cm³/mol. The second-order valence-electron chi connectivity index (χ2n) is 9.91. The number of hydrogen-bond donors (Lipinski definition) is 0. The van der Waals surface area contributed by atoms with E-state index in [1.807, 2.05) is 54.6 Å². The topological polar surface area (TPSA) is 21.7 Å². The Labute approximate surface area is 210 Å². The molecular weight excluding hydrogens is 463 g/mol. The number of hydrogen-bond acceptors (Lipinski definition) is 3. The molecule has 6 heteroatoms. The largest absolute Gasteiger partial charge is 0.411 e. The van der Waals surface area contributed by atoms with E-state index in [0.717, 1.165) is 48.9 Å². The van der Waals surface area contributed by atoms with Gasteiger partial charge in [0.25, 0.3) is 0 Å². The minimum Gasteiger partial charge on any atom is -0.370 e. The molecule has 0 aromatic heterocycles. The Balaban J connectivity index is 1.46. The van der Waals surface area contributed by atoms with Gasteiger partial charge in [0.15, 0.2) is 0 Å². The van der Waals surface area contributed by atoms with Crippen molar-refractivity contribution in [1.29, 1.82) is 0 Å². The molecular formula is C30H32F3NO2. The van der Waals surface area contributed by atoms with E-state index in [-0.39, 0.29) is 18.2 Å². The lowest BCUT2D eigenvalue weighted by Crippen LogP contribution is -2.49. The monoisotopic (exact) mass is 495 g/mol. The lowest BCUT2D eigenvalue weighted by Gasteiger charge is -2.41. The van der Waals surface area contributed by atoms with Gasteiger partial charge in [0, 0.05) is 11.6 Å². The first-order valence-electron chi connectivity index (χ1n) is 12.6. The maximum absolute atomic E-state index is 12.7. The molecule has 0 radical (unpaired) electrons. The number of rotatable bonds is 9. The summed E-state index contributed by atoms with van der Waals surface area (Å²) in [6, 6.07) is 30.8. The van der Waals surface area contributed by atoms with Crippen LogP contribution in [0.25, 0.3) is 0 Å². The van der Waals surface area contributed by atoms with Gasteiger partial charge in [-0.15, -0.1) is 0 Å². The Kier molecular flexibility index (Phi) is 7.20. The fraction of sp³-hybridized carbons (Fsp3) is 0.400. The van der Waals surface area contributed by atoms with Crippen LogP contribution >= 0.6 is 0 Å². The smallest absolute Gasteiger partial charge is 0.370 e. The van der Waals surface area contributed by atoms with Gasteiger partial charge in [0.1, 0.15) is 12.2 Å². The zero-order valence-electron chi connectivity index (χ0n) is 20.3. The third-order valence-electron chi connectivity index (χ3n) is 7.71. The van der Waals surface area contributed by atoms with Crippen LogP contribution in [0.2, 0.25) is 0 Å². The van der Waals surface area contributed by atoms with Crippen molar-refractivity contribution < 1.29 is 22.6 Å². The molecule has 2 aliphatic heterocycles. The Morgan fingerprint density at radius 2 is 1.31 bits per heavy atom. The molecule has 2 aliphatic rings. The van der Waals surface area contributed by atoms with Crippen LogP contribution in [0.15, 0.2) is 91.0 Å². The SMILES string of the molecule is FC(F)(F)COCC1CCC2(COC(c3ccccc3)(c3ccccc3)c3ccccc3)CCCN12. The van der Waals surface area contributed by atoms with Gasteiger partial charge in [-0.2, -0.15) is 13.2 Å². The van der Waals surface area contributed by atoms with Crippen LogP contribution in [-0.4, -0.2) is 49.0 Å². The van der Waals surface area contributed by atoms with Crippen molar-refractivity contribution in [2.45, 2.75) is 49.0 Å². The van der Waals surface area contributed by atoms with E-state index < -0.39 is 18.4 Å². The van der Waals surface area contributed by atoms with Crippen LogP contribution in [0.1, 0.15) is 42.4 Å². The summed E-state index contributed by atoms with van der Waals surface area (Å²) in [6.07, 6.45) is -0.618. The Bertz CT molecular complexity index is 1010. The van der Waals surface area contributed by atoms with Crippen molar-refractivity contribution in [2.24, 2.45) is 0 Å². The van der Waals surface area contributed by atoms with Gasteiger partial charge >= 0.3 is 6.18 Å². The van der Waals surface area contributed by atoms with E-state index >= 15 is 0 Å². The molecule has 5 rings (SSSR count). The van der Waals surface area contributed by atoms with Crippen LogP contribution in [0.4, 0.5) is 13.2 Å². The van der Waals surface area contributed by atoms with Crippen LogP contribution < -0.4 is 0 Å². The third-order valence-corrected chi connectivity index (χ3v) is 7.71. The van der Waals surface area contributed by atoms with Gasteiger partial charge < -0.3 is 9.47 Å². The molecule has 2 saturated heterocycles. The second kappa shape index (κ2) is 10.4. The van der Waals surface area contributed by atoms with Crippen molar-refractivity contribution >= 4 is 0 Å². The molecule has 3 aromatic rings. The van der Waals surface area contributed by atoms with Crippen molar-refractivity contribution in [1.82, 2.24) is 4.90 Å². The summed E-state index contributed by atoms with van der Waals surface area (Å²) in [5.74, 6) is 0. The summed E-state index contributed by atoms with van der Waals surface area (Å²) in [5, 5.41) is 0. The molecule has 2 heterocycles. The molecule has 2 unspecified atom stereocenters. The molecule has 2 atom stereocenters. The molecule has 3 nitrogen and oxygen atoms in total. The van der Waals surface area contributed by atoms with Crippen molar-refractivity contribution in [3.63, 3.8) is 0 Å². The van der Waals surface area contributed by atoms with E-state index in [0.29, 0.717) is 6.61 Å². The summed E-state index contributed by atoms with van der Waals surface area (Å²) in [7, 11) is 0. The molecule has 0 saturated carbocycles. The highest BCUT2D eigenvalue weighted by Crippen LogP contribution is 2.47. The lowest BCUT2D eigenvalue weighted by atomic mass is 9.79. The van der Waals surface area contributed by atoms with E-state index in [4.69, 9.17) is 9.47 Å². The third kappa shape index (κ3) is 4.95.